The number of hydrogen-bond acceptors (Lipinski definition) is 1. The first kappa shape index (κ1) is 11.3. The molecule has 3 aliphatic rings. The molecule has 1 fully saturated rings. The zero-order chi connectivity index (χ0) is 12.0. The van der Waals surface area contributed by atoms with Gasteiger partial charge in [0.25, 0.3) is 0 Å². The number of rotatable bonds is 0. The topological polar surface area (TPSA) is 29.1 Å². The van der Waals surface area contributed by atoms with Gasteiger partial charge in [0.1, 0.15) is 0 Å². The molecule has 3 heteroatoms. The molecule has 0 aromatic rings. The van der Waals surface area contributed by atoms with Crippen LogP contribution < -0.4 is 5.32 Å². The molecular weight excluding hydrogens is 234 g/mol. The van der Waals surface area contributed by atoms with Crippen molar-refractivity contribution in [2.45, 2.75) is 51.5 Å². The van der Waals surface area contributed by atoms with Crippen LogP contribution in [-0.2, 0) is 4.79 Å². The lowest BCUT2D eigenvalue weighted by molar-refractivity contribution is -0.125. The lowest BCUT2D eigenvalue weighted by Crippen LogP contribution is -2.53. The van der Waals surface area contributed by atoms with Gasteiger partial charge < -0.3 is 5.32 Å². The van der Waals surface area contributed by atoms with Crippen LogP contribution in [0.5, 0.6) is 0 Å². The second kappa shape index (κ2) is 3.88. The van der Waals surface area contributed by atoms with E-state index in [1.807, 2.05) is 0 Å². The monoisotopic (exact) mass is 251 g/mol. The molecule has 2 nitrogen and oxygen atoms in total. The van der Waals surface area contributed by atoms with Gasteiger partial charge in [-0.2, -0.15) is 0 Å². The number of allylic oxidation sites excluding steroid dienone is 3. The van der Waals surface area contributed by atoms with Crippen LogP contribution >= 0.6 is 11.6 Å². The normalized spacial score (nSPS) is 36.9. The summed E-state index contributed by atoms with van der Waals surface area (Å²) in [6.07, 6.45) is 7.99. The molecule has 1 heterocycles. The quantitative estimate of drug-likeness (QED) is 0.703. The minimum absolute atomic E-state index is 0.176. The van der Waals surface area contributed by atoms with E-state index >= 15 is 0 Å². The highest BCUT2D eigenvalue weighted by Crippen LogP contribution is 2.50. The summed E-state index contributed by atoms with van der Waals surface area (Å²) in [4.78, 5) is 11.5. The maximum atomic E-state index is 11.5. The Kier molecular flexibility index (Phi) is 2.58. The molecule has 2 atom stereocenters. The van der Waals surface area contributed by atoms with Crippen LogP contribution in [0, 0.1) is 5.41 Å². The summed E-state index contributed by atoms with van der Waals surface area (Å²) in [6.45, 7) is 2.32. The van der Waals surface area contributed by atoms with Gasteiger partial charge in [-0.15, -0.1) is 0 Å². The van der Waals surface area contributed by atoms with Crippen LogP contribution in [0.4, 0.5) is 0 Å². The molecule has 17 heavy (non-hydrogen) atoms. The van der Waals surface area contributed by atoms with Crippen LogP contribution in [0.2, 0.25) is 0 Å². The fraction of sp³-hybridized carbons (Fsp3) is 0.643. The van der Waals surface area contributed by atoms with Gasteiger partial charge >= 0.3 is 0 Å². The first-order valence-corrected chi connectivity index (χ1v) is 6.85. The van der Waals surface area contributed by atoms with E-state index in [2.05, 4.69) is 18.3 Å². The Bertz CT molecular complexity index is 438. The number of carbonyl (C=O) groups is 1. The number of carbonyl (C=O) groups excluding carboxylic acids is 1. The lowest BCUT2D eigenvalue weighted by atomic mass is 9.62. The van der Waals surface area contributed by atoms with Crippen molar-refractivity contribution in [3.63, 3.8) is 0 Å². The van der Waals surface area contributed by atoms with Crippen molar-refractivity contribution >= 4 is 17.5 Å². The van der Waals surface area contributed by atoms with Crippen molar-refractivity contribution in [2.75, 3.05) is 0 Å². The highest BCUT2D eigenvalue weighted by atomic mass is 35.5. The number of piperidine rings is 1. The molecule has 0 saturated carbocycles. The van der Waals surface area contributed by atoms with Gasteiger partial charge in [-0.3, -0.25) is 4.79 Å². The van der Waals surface area contributed by atoms with Crippen LogP contribution in [0.15, 0.2) is 22.3 Å². The number of nitrogens with one attached hydrogen (secondary N) is 1. The predicted molar refractivity (Wildman–Crippen MR) is 68.7 cm³/mol. The van der Waals surface area contributed by atoms with Gasteiger partial charge in [0, 0.05) is 22.9 Å². The van der Waals surface area contributed by atoms with Gasteiger partial charge in [0.15, 0.2) is 0 Å². The molecule has 92 valence electrons. The van der Waals surface area contributed by atoms with Gasteiger partial charge in [0.05, 0.1) is 0 Å². The number of amides is 1. The van der Waals surface area contributed by atoms with Gasteiger partial charge in [-0.25, -0.2) is 0 Å². The summed E-state index contributed by atoms with van der Waals surface area (Å²) in [6, 6.07) is 0.341. The van der Waals surface area contributed by atoms with E-state index in [0.29, 0.717) is 12.5 Å². The van der Waals surface area contributed by atoms with Crippen molar-refractivity contribution in [3.8, 4) is 0 Å². The summed E-state index contributed by atoms with van der Waals surface area (Å²) in [5.41, 5.74) is 3.17. The molecule has 3 rings (SSSR count). The Hall–Kier alpha value is -0.760. The Morgan fingerprint density at radius 1 is 1.35 bits per heavy atom. The SMILES string of the molecule is C[C@]12CCC(=O)N[C@H]1CCC1=C2CCC(Cl)=C1. The molecule has 0 bridgehead atoms. The lowest BCUT2D eigenvalue weighted by Gasteiger charge is -2.48. The minimum Gasteiger partial charge on any atom is -0.352 e. The van der Waals surface area contributed by atoms with Gasteiger partial charge in [-0.05, 0) is 43.8 Å². The molecule has 0 aromatic carbocycles. The van der Waals surface area contributed by atoms with E-state index in [4.69, 9.17) is 11.6 Å². The summed E-state index contributed by atoms with van der Waals surface area (Å²) < 4.78 is 0. The second-order valence-corrected chi connectivity index (χ2v) is 6.16. The van der Waals surface area contributed by atoms with E-state index in [0.717, 1.165) is 37.1 Å². The standard InChI is InChI=1S/C14H18ClNO/c1-14-7-6-13(17)16-12(14)5-2-9-8-10(15)3-4-11(9)14/h8,12H,2-7H2,1H3,(H,16,17)/t12-,14+/m0/s1. The van der Waals surface area contributed by atoms with Gasteiger partial charge in [0.2, 0.25) is 5.91 Å². The molecule has 1 aliphatic heterocycles. The van der Waals surface area contributed by atoms with Crippen LogP contribution in [0.3, 0.4) is 0 Å². The zero-order valence-corrected chi connectivity index (χ0v) is 10.9. The molecule has 1 saturated heterocycles. The average molecular weight is 252 g/mol. The van der Waals surface area contributed by atoms with Crippen molar-refractivity contribution < 1.29 is 4.79 Å². The predicted octanol–water partition coefficient (Wildman–Crippen LogP) is 3.28. The van der Waals surface area contributed by atoms with Crippen LogP contribution in [0.1, 0.15) is 45.4 Å². The van der Waals surface area contributed by atoms with Crippen molar-refractivity contribution in [1.82, 2.24) is 5.32 Å². The van der Waals surface area contributed by atoms with Gasteiger partial charge in [-0.1, -0.05) is 24.1 Å². The Labute approximate surface area is 107 Å². The zero-order valence-electron chi connectivity index (χ0n) is 10.2. The summed E-state index contributed by atoms with van der Waals surface area (Å²) in [5.74, 6) is 0.223. The summed E-state index contributed by atoms with van der Waals surface area (Å²) in [7, 11) is 0. The Morgan fingerprint density at radius 2 is 2.18 bits per heavy atom. The van der Waals surface area contributed by atoms with Crippen molar-refractivity contribution in [3.05, 3.63) is 22.3 Å². The third kappa shape index (κ3) is 1.74. The minimum atomic E-state index is 0.176. The second-order valence-electron chi connectivity index (χ2n) is 5.67. The number of fused-ring (bicyclic) bond motifs is 2. The molecule has 1 amide bonds. The fourth-order valence-corrected chi connectivity index (χ4v) is 3.88. The molecule has 0 radical (unpaired) electrons. The summed E-state index contributed by atoms with van der Waals surface area (Å²) in [5, 5.41) is 4.17. The van der Waals surface area contributed by atoms with E-state index in [9.17, 15) is 4.79 Å². The van der Waals surface area contributed by atoms with Crippen LogP contribution in [-0.4, -0.2) is 11.9 Å². The first-order chi connectivity index (χ1) is 8.09. The van der Waals surface area contributed by atoms with Crippen LogP contribution in [0.25, 0.3) is 0 Å². The molecule has 1 N–H and O–H groups in total. The molecule has 2 aliphatic carbocycles. The average Bonchev–Trinajstić information content (AvgIpc) is 2.30. The third-order valence-corrected chi connectivity index (χ3v) is 5.00. The Morgan fingerprint density at radius 3 is 3.00 bits per heavy atom. The maximum Gasteiger partial charge on any atom is 0.220 e. The molecular formula is C14H18ClNO. The number of hydrogen-bond donors (Lipinski definition) is 1. The highest BCUT2D eigenvalue weighted by molar-refractivity contribution is 6.29. The van der Waals surface area contributed by atoms with Crippen molar-refractivity contribution in [1.29, 1.82) is 0 Å². The first-order valence-electron chi connectivity index (χ1n) is 6.47. The maximum absolute atomic E-state index is 11.5. The smallest absolute Gasteiger partial charge is 0.220 e. The fourth-order valence-electron chi connectivity index (χ4n) is 3.65. The number of halogens is 1. The molecule has 0 aromatic heterocycles. The van der Waals surface area contributed by atoms with E-state index in [1.165, 1.54) is 5.57 Å². The molecule has 0 unspecified atom stereocenters. The molecule has 0 spiro atoms. The summed E-state index contributed by atoms with van der Waals surface area (Å²) >= 11 is 6.14. The largest absolute Gasteiger partial charge is 0.352 e. The Balaban J connectivity index is 2.00. The third-order valence-electron chi connectivity index (χ3n) is 4.70. The van der Waals surface area contributed by atoms with E-state index in [-0.39, 0.29) is 11.3 Å². The van der Waals surface area contributed by atoms with E-state index < -0.39 is 0 Å². The van der Waals surface area contributed by atoms with Crippen molar-refractivity contribution in [2.24, 2.45) is 5.41 Å². The highest BCUT2D eigenvalue weighted by Gasteiger charge is 2.45. The van der Waals surface area contributed by atoms with E-state index in [1.54, 1.807) is 5.57 Å².